The Bertz CT molecular complexity index is 528. The standard InChI is InChI=1S/C18H34N6O/c1-6-23-7-9-24(10-8-23)13-14(2)11-20-18(19-5)21-12-17-22-15(3)16(4)25-17/h14H,6-13H2,1-5H3,(H2,19,20,21). The van der Waals surface area contributed by atoms with E-state index in [2.05, 4.69) is 44.3 Å². The van der Waals surface area contributed by atoms with E-state index >= 15 is 0 Å². The average molecular weight is 351 g/mol. The minimum Gasteiger partial charge on any atom is -0.444 e. The molecule has 1 aromatic rings. The Morgan fingerprint density at radius 3 is 2.44 bits per heavy atom. The van der Waals surface area contributed by atoms with Gasteiger partial charge in [0.1, 0.15) is 5.76 Å². The molecule has 1 aromatic heterocycles. The Kier molecular flexibility index (Phi) is 7.71. The van der Waals surface area contributed by atoms with Crippen molar-refractivity contribution in [2.75, 3.05) is 52.9 Å². The van der Waals surface area contributed by atoms with Gasteiger partial charge in [-0.3, -0.25) is 4.99 Å². The molecule has 0 amide bonds. The van der Waals surface area contributed by atoms with E-state index in [-0.39, 0.29) is 0 Å². The first kappa shape index (κ1) is 19.7. The summed E-state index contributed by atoms with van der Waals surface area (Å²) in [4.78, 5) is 13.7. The van der Waals surface area contributed by atoms with Gasteiger partial charge in [0.05, 0.1) is 12.2 Å². The molecule has 1 atom stereocenters. The van der Waals surface area contributed by atoms with Gasteiger partial charge < -0.3 is 24.9 Å². The van der Waals surface area contributed by atoms with Crippen molar-refractivity contribution < 1.29 is 4.42 Å². The van der Waals surface area contributed by atoms with Gasteiger partial charge in [0.15, 0.2) is 5.96 Å². The molecular weight excluding hydrogens is 316 g/mol. The maximum absolute atomic E-state index is 5.59. The Hall–Kier alpha value is -1.60. The number of guanidine groups is 1. The zero-order chi connectivity index (χ0) is 18.2. The number of aryl methyl sites for hydroxylation is 2. The van der Waals surface area contributed by atoms with Gasteiger partial charge in [-0.15, -0.1) is 0 Å². The smallest absolute Gasteiger partial charge is 0.214 e. The van der Waals surface area contributed by atoms with Crippen LogP contribution in [0.15, 0.2) is 9.41 Å². The second-order valence-corrected chi connectivity index (χ2v) is 6.90. The minimum absolute atomic E-state index is 0.543. The summed E-state index contributed by atoms with van der Waals surface area (Å²) in [5.41, 5.74) is 0.941. The van der Waals surface area contributed by atoms with Crippen molar-refractivity contribution in [3.63, 3.8) is 0 Å². The fourth-order valence-electron chi connectivity index (χ4n) is 3.06. The summed E-state index contributed by atoms with van der Waals surface area (Å²) in [7, 11) is 1.79. The van der Waals surface area contributed by atoms with Gasteiger partial charge in [-0.1, -0.05) is 13.8 Å². The molecule has 0 radical (unpaired) electrons. The molecule has 0 aromatic carbocycles. The molecule has 0 aliphatic carbocycles. The molecule has 1 fully saturated rings. The van der Waals surface area contributed by atoms with Crippen LogP contribution in [0, 0.1) is 19.8 Å². The molecule has 0 bridgehead atoms. The third-order valence-electron chi connectivity index (χ3n) is 4.80. The number of hydrogen-bond acceptors (Lipinski definition) is 5. The Morgan fingerprint density at radius 2 is 1.88 bits per heavy atom. The lowest BCUT2D eigenvalue weighted by atomic mass is 10.1. The van der Waals surface area contributed by atoms with Gasteiger partial charge in [-0.25, -0.2) is 4.98 Å². The van der Waals surface area contributed by atoms with E-state index in [9.17, 15) is 0 Å². The molecule has 2 N–H and O–H groups in total. The Morgan fingerprint density at radius 1 is 1.20 bits per heavy atom. The first-order valence-electron chi connectivity index (χ1n) is 9.34. The summed E-state index contributed by atoms with van der Waals surface area (Å²) in [6.45, 7) is 16.9. The van der Waals surface area contributed by atoms with Crippen LogP contribution in [0.1, 0.15) is 31.2 Å². The molecule has 1 saturated heterocycles. The molecule has 0 spiro atoms. The molecule has 2 heterocycles. The van der Waals surface area contributed by atoms with Crippen LogP contribution in [0.5, 0.6) is 0 Å². The van der Waals surface area contributed by atoms with Crippen LogP contribution in [0.2, 0.25) is 0 Å². The highest BCUT2D eigenvalue weighted by Gasteiger charge is 2.17. The lowest BCUT2D eigenvalue weighted by Gasteiger charge is -2.35. The molecule has 7 heteroatoms. The molecule has 142 valence electrons. The van der Waals surface area contributed by atoms with Crippen LogP contribution in [0.4, 0.5) is 0 Å². The van der Waals surface area contributed by atoms with Crippen LogP contribution < -0.4 is 10.6 Å². The van der Waals surface area contributed by atoms with Crippen molar-refractivity contribution in [2.24, 2.45) is 10.9 Å². The van der Waals surface area contributed by atoms with Crippen LogP contribution in [0.3, 0.4) is 0 Å². The van der Waals surface area contributed by atoms with Gasteiger partial charge in [0.2, 0.25) is 5.89 Å². The van der Waals surface area contributed by atoms with Crippen molar-refractivity contribution in [1.82, 2.24) is 25.4 Å². The number of rotatable bonds is 7. The highest BCUT2D eigenvalue weighted by Crippen LogP contribution is 2.08. The van der Waals surface area contributed by atoms with Gasteiger partial charge >= 0.3 is 0 Å². The monoisotopic (exact) mass is 350 g/mol. The SMILES string of the molecule is CCN1CCN(CC(C)CNC(=NC)NCc2nc(C)c(C)o2)CC1. The number of piperazine rings is 1. The van der Waals surface area contributed by atoms with E-state index in [0.29, 0.717) is 18.4 Å². The predicted molar refractivity (Wildman–Crippen MR) is 102 cm³/mol. The minimum atomic E-state index is 0.543. The van der Waals surface area contributed by atoms with Gasteiger partial charge in [-0.05, 0) is 26.3 Å². The normalized spacial score (nSPS) is 18.4. The topological polar surface area (TPSA) is 68.9 Å². The molecule has 2 rings (SSSR count). The Labute approximate surface area is 151 Å². The van der Waals surface area contributed by atoms with E-state index < -0.39 is 0 Å². The maximum Gasteiger partial charge on any atom is 0.214 e. The van der Waals surface area contributed by atoms with Crippen LogP contribution >= 0.6 is 0 Å². The highest BCUT2D eigenvalue weighted by atomic mass is 16.4. The number of aliphatic imine (C=N–C) groups is 1. The van der Waals surface area contributed by atoms with E-state index in [1.165, 1.54) is 26.2 Å². The lowest BCUT2D eigenvalue weighted by molar-refractivity contribution is 0.124. The summed E-state index contributed by atoms with van der Waals surface area (Å²) >= 11 is 0. The second-order valence-electron chi connectivity index (χ2n) is 6.90. The number of oxazole rings is 1. The molecule has 1 unspecified atom stereocenters. The first-order chi connectivity index (χ1) is 12.0. The number of hydrogen-bond donors (Lipinski definition) is 2. The lowest BCUT2D eigenvalue weighted by Crippen LogP contribution is -2.48. The third kappa shape index (κ3) is 6.32. The van der Waals surface area contributed by atoms with E-state index in [1.807, 2.05) is 13.8 Å². The maximum atomic E-state index is 5.59. The second kappa shape index (κ2) is 9.77. The number of likely N-dealkylation sites (N-methyl/N-ethyl adjacent to an activating group) is 1. The third-order valence-corrected chi connectivity index (χ3v) is 4.80. The van der Waals surface area contributed by atoms with Crippen molar-refractivity contribution in [3.8, 4) is 0 Å². The first-order valence-corrected chi connectivity index (χ1v) is 9.34. The summed E-state index contributed by atoms with van der Waals surface area (Å²) in [6, 6.07) is 0. The highest BCUT2D eigenvalue weighted by molar-refractivity contribution is 5.79. The number of nitrogens with zero attached hydrogens (tertiary/aromatic N) is 4. The molecule has 25 heavy (non-hydrogen) atoms. The fraction of sp³-hybridized carbons (Fsp3) is 0.778. The molecule has 1 aliphatic rings. The van der Waals surface area contributed by atoms with Crippen molar-refractivity contribution in [1.29, 1.82) is 0 Å². The molecule has 7 nitrogen and oxygen atoms in total. The predicted octanol–water partition coefficient (Wildman–Crippen LogP) is 1.23. The number of aromatic nitrogens is 1. The fourth-order valence-corrected chi connectivity index (χ4v) is 3.06. The van der Waals surface area contributed by atoms with Gasteiger partial charge in [-0.2, -0.15) is 0 Å². The molecule has 1 aliphatic heterocycles. The zero-order valence-corrected chi connectivity index (χ0v) is 16.4. The van der Waals surface area contributed by atoms with E-state index in [0.717, 1.165) is 37.0 Å². The number of nitrogens with one attached hydrogen (secondary N) is 2. The van der Waals surface area contributed by atoms with Crippen LogP contribution in [0.25, 0.3) is 0 Å². The van der Waals surface area contributed by atoms with Crippen LogP contribution in [-0.4, -0.2) is 73.6 Å². The molecular formula is C18H34N6O. The van der Waals surface area contributed by atoms with Gasteiger partial charge in [0.25, 0.3) is 0 Å². The summed E-state index contributed by atoms with van der Waals surface area (Å²) < 4.78 is 5.59. The van der Waals surface area contributed by atoms with Crippen molar-refractivity contribution in [3.05, 3.63) is 17.3 Å². The molecule has 0 saturated carbocycles. The van der Waals surface area contributed by atoms with Crippen LogP contribution in [-0.2, 0) is 6.54 Å². The average Bonchev–Trinajstić information content (AvgIpc) is 2.93. The van der Waals surface area contributed by atoms with Crippen molar-refractivity contribution >= 4 is 5.96 Å². The quantitative estimate of drug-likeness (QED) is 0.569. The summed E-state index contributed by atoms with van der Waals surface area (Å²) in [5, 5.41) is 6.66. The summed E-state index contributed by atoms with van der Waals surface area (Å²) in [5.74, 6) is 2.92. The summed E-state index contributed by atoms with van der Waals surface area (Å²) in [6.07, 6.45) is 0. The van der Waals surface area contributed by atoms with Crippen molar-refractivity contribution in [2.45, 2.75) is 34.2 Å². The van der Waals surface area contributed by atoms with Gasteiger partial charge in [0, 0.05) is 46.3 Å². The largest absolute Gasteiger partial charge is 0.444 e. The zero-order valence-electron chi connectivity index (χ0n) is 16.4. The van der Waals surface area contributed by atoms with E-state index in [1.54, 1.807) is 7.05 Å². The Balaban J connectivity index is 1.67. The van der Waals surface area contributed by atoms with E-state index in [4.69, 9.17) is 4.42 Å².